The molecule has 2 N–H and O–H groups in total. The van der Waals surface area contributed by atoms with Gasteiger partial charge < -0.3 is 9.47 Å². The molecule has 2 amide bonds. The van der Waals surface area contributed by atoms with Crippen LogP contribution in [0.15, 0.2) is 78.9 Å². The molecule has 3 aromatic rings. The first-order valence-electron chi connectivity index (χ1n) is 9.26. The van der Waals surface area contributed by atoms with Crippen molar-refractivity contribution in [1.82, 2.24) is 10.9 Å². The maximum absolute atomic E-state index is 12.0. The molecular formula is C22H19N3O6. The van der Waals surface area contributed by atoms with Crippen LogP contribution >= 0.6 is 0 Å². The molecule has 31 heavy (non-hydrogen) atoms. The average molecular weight is 421 g/mol. The van der Waals surface area contributed by atoms with Crippen LogP contribution in [0.4, 0.5) is 5.69 Å². The lowest BCUT2D eigenvalue weighted by atomic mass is 10.1. The number of hydrogen-bond acceptors (Lipinski definition) is 6. The van der Waals surface area contributed by atoms with E-state index in [1.54, 1.807) is 18.2 Å². The predicted molar refractivity (Wildman–Crippen MR) is 112 cm³/mol. The number of ether oxygens (including phenoxy) is 2. The van der Waals surface area contributed by atoms with Gasteiger partial charge in [-0.3, -0.25) is 30.6 Å². The lowest BCUT2D eigenvalue weighted by molar-refractivity contribution is -0.385. The molecule has 3 rings (SSSR count). The smallest absolute Gasteiger partial charge is 0.310 e. The summed E-state index contributed by atoms with van der Waals surface area (Å²) in [6, 6.07) is 22.5. The number of para-hydroxylation sites is 3. The summed E-state index contributed by atoms with van der Waals surface area (Å²) < 4.78 is 10.7. The molecule has 0 aliphatic heterocycles. The Balaban J connectivity index is 1.47. The Bertz CT molecular complexity index is 1070. The number of nitro benzene ring substituents is 1. The Morgan fingerprint density at radius 2 is 1.26 bits per heavy atom. The number of nitrogens with zero attached hydrogens (tertiary/aromatic N) is 1. The molecule has 0 aromatic heterocycles. The van der Waals surface area contributed by atoms with E-state index in [1.807, 2.05) is 42.5 Å². The van der Waals surface area contributed by atoms with E-state index in [1.165, 1.54) is 18.2 Å². The molecule has 0 saturated heterocycles. The van der Waals surface area contributed by atoms with Gasteiger partial charge in [0.25, 0.3) is 11.8 Å². The zero-order valence-electron chi connectivity index (χ0n) is 16.3. The van der Waals surface area contributed by atoms with E-state index >= 15 is 0 Å². The standard InChI is InChI=1S/C22H19N3O6/c26-21(14-30-19-12-6-4-10-17(19)16-8-2-1-3-9-16)23-24-22(27)15-31-20-13-7-5-11-18(20)25(28)29/h1-13H,14-15H2,(H,23,26)(H,24,27). The second kappa shape index (κ2) is 10.4. The van der Waals surface area contributed by atoms with Gasteiger partial charge in [0.15, 0.2) is 19.0 Å². The number of hydrazine groups is 1. The van der Waals surface area contributed by atoms with Gasteiger partial charge >= 0.3 is 5.69 Å². The Labute approximate surface area is 177 Å². The Morgan fingerprint density at radius 1 is 0.742 bits per heavy atom. The molecule has 0 bridgehead atoms. The molecule has 9 heteroatoms. The summed E-state index contributed by atoms with van der Waals surface area (Å²) in [5.41, 5.74) is 5.89. The maximum atomic E-state index is 12.0. The van der Waals surface area contributed by atoms with Crippen LogP contribution in [0.3, 0.4) is 0 Å². The highest BCUT2D eigenvalue weighted by molar-refractivity contribution is 5.83. The minimum atomic E-state index is -0.684. The fraction of sp³-hybridized carbons (Fsp3) is 0.0909. The molecule has 0 fully saturated rings. The molecular weight excluding hydrogens is 402 g/mol. The molecule has 9 nitrogen and oxygen atoms in total. The molecule has 0 atom stereocenters. The summed E-state index contributed by atoms with van der Waals surface area (Å²) in [6.45, 7) is -0.835. The van der Waals surface area contributed by atoms with Crippen LogP contribution in [0.25, 0.3) is 11.1 Å². The first-order valence-corrected chi connectivity index (χ1v) is 9.26. The minimum absolute atomic E-state index is 0.0465. The normalized spacial score (nSPS) is 10.1. The molecule has 0 aliphatic carbocycles. The lowest BCUT2D eigenvalue weighted by Crippen LogP contribution is -2.45. The topological polar surface area (TPSA) is 120 Å². The molecule has 0 unspecified atom stereocenters. The third kappa shape index (κ3) is 6.04. The number of nitro groups is 1. The predicted octanol–water partition coefficient (Wildman–Crippen LogP) is 2.87. The van der Waals surface area contributed by atoms with Crippen LogP contribution in [0.1, 0.15) is 0 Å². The largest absolute Gasteiger partial charge is 0.483 e. The van der Waals surface area contributed by atoms with Crippen molar-refractivity contribution in [2.24, 2.45) is 0 Å². The van der Waals surface area contributed by atoms with Crippen molar-refractivity contribution in [3.63, 3.8) is 0 Å². The van der Waals surface area contributed by atoms with Crippen molar-refractivity contribution >= 4 is 17.5 Å². The van der Waals surface area contributed by atoms with Crippen molar-refractivity contribution in [3.05, 3.63) is 89.0 Å². The molecule has 0 heterocycles. The number of benzene rings is 3. The molecule has 0 spiro atoms. The van der Waals surface area contributed by atoms with Crippen LogP contribution in [-0.4, -0.2) is 30.0 Å². The fourth-order valence-corrected chi connectivity index (χ4v) is 2.68. The Morgan fingerprint density at radius 3 is 1.90 bits per heavy atom. The van der Waals surface area contributed by atoms with Gasteiger partial charge in [0.1, 0.15) is 5.75 Å². The van der Waals surface area contributed by atoms with Gasteiger partial charge in [-0.1, -0.05) is 60.7 Å². The Hall–Kier alpha value is -4.40. The van der Waals surface area contributed by atoms with E-state index in [9.17, 15) is 19.7 Å². The van der Waals surface area contributed by atoms with E-state index in [2.05, 4.69) is 10.9 Å². The van der Waals surface area contributed by atoms with Gasteiger partial charge in [0.2, 0.25) is 0 Å². The van der Waals surface area contributed by atoms with E-state index in [0.717, 1.165) is 11.1 Å². The van der Waals surface area contributed by atoms with Crippen LogP contribution in [0.5, 0.6) is 11.5 Å². The van der Waals surface area contributed by atoms with Crippen LogP contribution < -0.4 is 20.3 Å². The van der Waals surface area contributed by atoms with E-state index < -0.39 is 23.3 Å². The molecule has 0 radical (unpaired) electrons. The number of nitrogens with one attached hydrogen (secondary N) is 2. The SMILES string of the molecule is O=C(COc1ccccc1-c1ccccc1)NNC(=O)COc1ccccc1[N+](=O)[O-]. The molecule has 0 aliphatic rings. The van der Waals surface area contributed by atoms with E-state index in [-0.39, 0.29) is 18.0 Å². The van der Waals surface area contributed by atoms with Gasteiger partial charge in [-0.15, -0.1) is 0 Å². The quantitative estimate of drug-likeness (QED) is 0.426. The van der Waals surface area contributed by atoms with E-state index in [0.29, 0.717) is 5.75 Å². The summed E-state index contributed by atoms with van der Waals surface area (Å²) in [6.07, 6.45) is 0. The number of carbonyl (C=O) groups excluding carboxylic acids is 2. The van der Waals surface area contributed by atoms with Crippen molar-refractivity contribution in [1.29, 1.82) is 0 Å². The average Bonchev–Trinajstić information content (AvgIpc) is 2.81. The maximum Gasteiger partial charge on any atom is 0.310 e. The molecule has 3 aromatic carbocycles. The van der Waals surface area contributed by atoms with Crippen molar-refractivity contribution in [2.75, 3.05) is 13.2 Å². The third-order valence-corrected chi connectivity index (χ3v) is 4.09. The highest BCUT2D eigenvalue weighted by Gasteiger charge is 2.15. The van der Waals surface area contributed by atoms with Gasteiger partial charge in [0, 0.05) is 11.6 Å². The highest BCUT2D eigenvalue weighted by Crippen LogP contribution is 2.29. The summed E-state index contributed by atoms with van der Waals surface area (Å²) in [7, 11) is 0. The molecule has 158 valence electrons. The number of carbonyl (C=O) groups is 2. The summed E-state index contributed by atoms with van der Waals surface area (Å²) >= 11 is 0. The van der Waals surface area contributed by atoms with Crippen molar-refractivity contribution in [2.45, 2.75) is 0 Å². The fourth-order valence-electron chi connectivity index (χ4n) is 2.68. The van der Waals surface area contributed by atoms with Crippen LogP contribution in [-0.2, 0) is 9.59 Å². The molecule has 0 saturated carbocycles. The van der Waals surface area contributed by atoms with E-state index in [4.69, 9.17) is 9.47 Å². The highest BCUT2D eigenvalue weighted by atomic mass is 16.6. The summed E-state index contributed by atoms with van der Waals surface area (Å²) in [5.74, 6) is -0.789. The number of amides is 2. The number of rotatable bonds is 8. The van der Waals surface area contributed by atoms with Crippen LogP contribution in [0, 0.1) is 10.1 Å². The number of hydrogen-bond donors (Lipinski definition) is 2. The van der Waals surface area contributed by atoms with Gasteiger partial charge in [-0.05, 0) is 17.7 Å². The summed E-state index contributed by atoms with van der Waals surface area (Å²) in [4.78, 5) is 34.2. The Kier molecular flexibility index (Phi) is 7.15. The monoisotopic (exact) mass is 421 g/mol. The lowest BCUT2D eigenvalue weighted by Gasteiger charge is -2.12. The second-order valence-electron chi connectivity index (χ2n) is 6.26. The van der Waals surface area contributed by atoms with Gasteiger partial charge in [-0.25, -0.2) is 0 Å². The summed E-state index contributed by atoms with van der Waals surface area (Å²) in [5, 5.41) is 10.9. The zero-order chi connectivity index (χ0) is 22.1. The second-order valence-corrected chi connectivity index (χ2v) is 6.26. The first kappa shape index (κ1) is 21.3. The van der Waals surface area contributed by atoms with Crippen molar-refractivity contribution in [3.8, 4) is 22.6 Å². The first-order chi connectivity index (χ1) is 15.0. The minimum Gasteiger partial charge on any atom is -0.483 e. The van der Waals surface area contributed by atoms with Gasteiger partial charge in [0.05, 0.1) is 4.92 Å². The third-order valence-electron chi connectivity index (χ3n) is 4.09. The van der Waals surface area contributed by atoms with Crippen molar-refractivity contribution < 1.29 is 24.0 Å². The van der Waals surface area contributed by atoms with Gasteiger partial charge in [-0.2, -0.15) is 0 Å². The zero-order valence-corrected chi connectivity index (χ0v) is 16.3. The van der Waals surface area contributed by atoms with Crippen LogP contribution in [0.2, 0.25) is 0 Å².